The number of benzene rings is 2. The molecule has 5 rings (SSSR count). The fraction of sp³-hybridized carbons (Fsp3) is 0.292. The summed E-state index contributed by atoms with van der Waals surface area (Å²) in [7, 11) is 1.65. The summed E-state index contributed by atoms with van der Waals surface area (Å²) in [6, 6.07) is 17.1. The minimum Gasteiger partial charge on any atom is -0.425 e. The van der Waals surface area contributed by atoms with Gasteiger partial charge in [-0.05, 0) is 36.6 Å². The molecule has 1 fully saturated rings. The van der Waals surface area contributed by atoms with Gasteiger partial charge in [-0.15, -0.1) is 0 Å². The first kappa shape index (κ1) is 21.5. The van der Waals surface area contributed by atoms with E-state index in [-0.39, 0.29) is 17.6 Å². The summed E-state index contributed by atoms with van der Waals surface area (Å²) >= 11 is 6.45. The molecule has 0 saturated carbocycles. The monoisotopic (exact) mass is 464 g/mol. The maximum Gasteiger partial charge on any atom is 0.306 e. The molecule has 1 aliphatic rings. The van der Waals surface area contributed by atoms with Crippen molar-refractivity contribution in [2.24, 2.45) is 12.8 Å². The van der Waals surface area contributed by atoms with Crippen molar-refractivity contribution in [3.05, 3.63) is 75.5 Å². The van der Waals surface area contributed by atoms with Crippen molar-refractivity contribution < 1.29 is 4.74 Å². The molecule has 2 aromatic carbocycles. The number of fused-ring (bicyclic) bond motifs is 1. The Morgan fingerprint density at radius 3 is 2.64 bits per heavy atom. The maximum atomic E-state index is 13.5. The Morgan fingerprint density at radius 2 is 1.88 bits per heavy atom. The van der Waals surface area contributed by atoms with E-state index >= 15 is 0 Å². The smallest absolute Gasteiger partial charge is 0.306 e. The van der Waals surface area contributed by atoms with Crippen LogP contribution in [0.15, 0.2) is 59.4 Å². The molecule has 1 atom stereocenters. The van der Waals surface area contributed by atoms with Crippen LogP contribution in [0, 0.1) is 0 Å². The van der Waals surface area contributed by atoms with Gasteiger partial charge < -0.3 is 15.4 Å². The summed E-state index contributed by atoms with van der Waals surface area (Å²) in [5.41, 5.74) is 7.65. The number of halogens is 1. The predicted molar refractivity (Wildman–Crippen MR) is 129 cm³/mol. The van der Waals surface area contributed by atoms with Gasteiger partial charge in [-0.2, -0.15) is 9.97 Å². The van der Waals surface area contributed by atoms with E-state index in [1.807, 2.05) is 59.2 Å². The summed E-state index contributed by atoms with van der Waals surface area (Å²) in [5, 5.41) is 0.634. The molecule has 0 amide bonds. The molecule has 1 aliphatic heterocycles. The van der Waals surface area contributed by atoms with E-state index in [9.17, 15) is 4.79 Å². The molecule has 4 aromatic rings. The fourth-order valence-corrected chi connectivity index (χ4v) is 4.39. The Hall–Kier alpha value is -3.36. The van der Waals surface area contributed by atoms with Crippen molar-refractivity contribution in [3.63, 3.8) is 0 Å². The molecular weight excluding hydrogens is 440 g/mol. The van der Waals surface area contributed by atoms with Gasteiger partial charge in [0, 0.05) is 31.2 Å². The third-order valence-electron chi connectivity index (χ3n) is 5.90. The Morgan fingerprint density at radius 1 is 1.12 bits per heavy atom. The van der Waals surface area contributed by atoms with Gasteiger partial charge >= 0.3 is 6.01 Å². The van der Waals surface area contributed by atoms with Crippen LogP contribution in [0.5, 0.6) is 11.8 Å². The van der Waals surface area contributed by atoms with Crippen molar-refractivity contribution in [3.8, 4) is 11.8 Å². The maximum absolute atomic E-state index is 13.5. The van der Waals surface area contributed by atoms with Gasteiger partial charge in [0.05, 0.1) is 6.54 Å². The summed E-state index contributed by atoms with van der Waals surface area (Å²) < 4.78 is 9.20. The number of anilines is 1. The first-order valence-corrected chi connectivity index (χ1v) is 11.3. The van der Waals surface area contributed by atoms with Gasteiger partial charge in [0.2, 0.25) is 5.95 Å². The number of ether oxygens (including phenoxy) is 1. The number of aromatic nitrogens is 4. The molecule has 170 valence electrons. The van der Waals surface area contributed by atoms with Crippen LogP contribution in [0.2, 0.25) is 5.02 Å². The number of hydrogen-bond donors (Lipinski definition) is 1. The van der Waals surface area contributed by atoms with Crippen LogP contribution in [-0.2, 0) is 13.6 Å². The lowest BCUT2D eigenvalue weighted by Gasteiger charge is -2.31. The van der Waals surface area contributed by atoms with Gasteiger partial charge in [-0.1, -0.05) is 48.0 Å². The first-order valence-electron chi connectivity index (χ1n) is 11.0. The van der Waals surface area contributed by atoms with Crippen LogP contribution in [-0.4, -0.2) is 38.2 Å². The lowest BCUT2D eigenvalue weighted by molar-refractivity contribution is 0.415. The van der Waals surface area contributed by atoms with Gasteiger partial charge in [0.1, 0.15) is 5.75 Å². The number of para-hydroxylation sites is 1. The van der Waals surface area contributed by atoms with E-state index in [1.54, 1.807) is 7.05 Å². The first-order chi connectivity index (χ1) is 16.0. The molecule has 0 spiro atoms. The third kappa shape index (κ3) is 4.19. The quantitative estimate of drug-likeness (QED) is 0.485. The zero-order valence-electron chi connectivity index (χ0n) is 18.3. The molecule has 0 unspecified atom stereocenters. The Labute approximate surface area is 196 Å². The summed E-state index contributed by atoms with van der Waals surface area (Å²) in [5.74, 6) is 1.26. The summed E-state index contributed by atoms with van der Waals surface area (Å²) in [6.07, 6.45) is 1.93. The molecule has 9 heteroatoms. The molecular formula is C24H25ClN6O2. The highest BCUT2D eigenvalue weighted by Crippen LogP contribution is 2.27. The predicted octanol–water partition coefficient (Wildman–Crippen LogP) is 3.55. The van der Waals surface area contributed by atoms with E-state index in [4.69, 9.17) is 27.1 Å². The highest BCUT2D eigenvalue weighted by atomic mass is 35.5. The van der Waals surface area contributed by atoms with Gasteiger partial charge in [0.15, 0.2) is 11.2 Å². The average Bonchev–Trinajstić information content (AvgIpc) is 3.17. The van der Waals surface area contributed by atoms with Crippen molar-refractivity contribution in [2.45, 2.75) is 25.4 Å². The normalized spacial score (nSPS) is 16.3. The lowest BCUT2D eigenvalue weighted by Crippen LogP contribution is -2.44. The number of imidazole rings is 1. The minimum atomic E-state index is -0.238. The minimum absolute atomic E-state index is 0.0556. The van der Waals surface area contributed by atoms with Gasteiger partial charge in [0.25, 0.3) is 5.56 Å². The number of hydrogen-bond acceptors (Lipinski definition) is 6. The van der Waals surface area contributed by atoms with Gasteiger partial charge in [-0.25, -0.2) is 0 Å². The molecule has 0 bridgehead atoms. The number of rotatable bonds is 5. The van der Waals surface area contributed by atoms with Crippen LogP contribution in [0.3, 0.4) is 0 Å². The van der Waals surface area contributed by atoms with Crippen LogP contribution in [0.4, 0.5) is 5.95 Å². The van der Waals surface area contributed by atoms with E-state index in [2.05, 4.69) is 9.88 Å². The van der Waals surface area contributed by atoms with E-state index < -0.39 is 0 Å². The second kappa shape index (κ2) is 8.88. The highest BCUT2D eigenvalue weighted by molar-refractivity contribution is 6.31. The molecule has 0 radical (unpaired) electrons. The zero-order chi connectivity index (χ0) is 22.9. The average molecular weight is 465 g/mol. The van der Waals surface area contributed by atoms with Crippen molar-refractivity contribution in [1.82, 2.24) is 19.1 Å². The van der Waals surface area contributed by atoms with Crippen molar-refractivity contribution in [1.29, 1.82) is 0 Å². The molecule has 1 saturated heterocycles. The fourth-order valence-electron chi connectivity index (χ4n) is 4.19. The lowest BCUT2D eigenvalue weighted by atomic mass is 10.1. The molecule has 33 heavy (non-hydrogen) atoms. The third-order valence-corrected chi connectivity index (χ3v) is 6.27. The second-order valence-corrected chi connectivity index (χ2v) is 8.69. The number of nitrogens with zero attached hydrogens (tertiary/aromatic N) is 5. The van der Waals surface area contributed by atoms with Gasteiger partial charge in [-0.3, -0.25) is 13.9 Å². The molecule has 2 N–H and O–H groups in total. The molecule has 8 nitrogen and oxygen atoms in total. The van der Waals surface area contributed by atoms with Crippen LogP contribution >= 0.6 is 11.6 Å². The Balaban J connectivity index is 1.66. The van der Waals surface area contributed by atoms with E-state index in [1.165, 1.54) is 4.57 Å². The molecule has 0 aliphatic carbocycles. The molecule has 2 aromatic heterocycles. The van der Waals surface area contributed by atoms with Crippen LogP contribution in [0.1, 0.15) is 18.4 Å². The van der Waals surface area contributed by atoms with Crippen molar-refractivity contribution in [2.75, 3.05) is 18.0 Å². The zero-order valence-corrected chi connectivity index (χ0v) is 19.1. The Kier molecular flexibility index (Phi) is 5.78. The molecule has 3 heterocycles. The van der Waals surface area contributed by atoms with E-state index in [0.717, 1.165) is 24.9 Å². The number of piperidine rings is 1. The topological polar surface area (TPSA) is 91.2 Å². The second-order valence-electron chi connectivity index (χ2n) is 8.28. The van der Waals surface area contributed by atoms with E-state index in [0.29, 0.717) is 41.0 Å². The largest absolute Gasteiger partial charge is 0.425 e. The SMILES string of the molecule is Cn1c(Oc2ccccc2)nc2nc(N3CCC[C@@H](N)C3)n(Cc3ccccc3Cl)c2c1=O. The standard InChI is InChI=1S/C24H25ClN6O2/c1-29-22(32)20-21(28-24(29)33-18-10-3-2-4-11-18)27-23(30-13-7-9-17(26)15-30)31(20)14-16-8-5-6-12-19(16)25/h2-6,8,10-12,17H,7,9,13-15,26H2,1H3/t17-/m1/s1. The highest BCUT2D eigenvalue weighted by Gasteiger charge is 2.26. The van der Waals surface area contributed by atoms with Crippen LogP contribution < -0.4 is 20.9 Å². The Bertz CT molecular complexity index is 1350. The number of nitrogens with two attached hydrogens (primary N) is 1. The van der Waals surface area contributed by atoms with Crippen molar-refractivity contribution >= 4 is 28.7 Å². The summed E-state index contributed by atoms with van der Waals surface area (Å²) in [4.78, 5) is 25.0. The van der Waals surface area contributed by atoms with Crippen LogP contribution in [0.25, 0.3) is 11.2 Å². The summed E-state index contributed by atoms with van der Waals surface area (Å²) in [6.45, 7) is 1.87.